The highest BCUT2D eigenvalue weighted by Crippen LogP contribution is 2.27. The number of benzene rings is 2. The van der Waals surface area contributed by atoms with Gasteiger partial charge in [0.15, 0.2) is 16.8 Å². The summed E-state index contributed by atoms with van der Waals surface area (Å²) >= 11 is 0. The largest absolute Gasteiger partial charge is 0.493 e. The topological polar surface area (TPSA) is 39.4 Å². The van der Waals surface area contributed by atoms with Crippen molar-refractivity contribution in [3.05, 3.63) is 64.8 Å². The van der Waals surface area contributed by atoms with Crippen molar-refractivity contribution < 1.29 is 9.15 Å². The van der Waals surface area contributed by atoms with Gasteiger partial charge in [0.05, 0.1) is 12.5 Å². The maximum absolute atomic E-state index is 12.1. The lowest BCUT2D eigenvalue weighted by atomic mass is 10.1. The predicted molar refractivity (Wildman–Crippen MR) is 74.5 cm³/mol. The number of hydrogen-bond donors (Lipinski definition) is 0. The fraction of sp³-hybridized carbons (Fsp3) is 0.0625. The second kappa shape index (κ2) is 4.61. The van der Waals surface area contributed by atoms with Gasteiger partial charge in [-0.2, -0.15) is 0 Å². The number of ether oxygens (including phenoxy) is 1. The summed E-state index contributed by atoms with van der Waals surface area (Å²) in [5.74, 6) is 1.11. The molecule has 0 aliphatic rings. The van der Waals surface area contributed by atoms with E-state index in [-0.39, 0.29) is 5.43 Å². The second-order valence-corrected chi connectivity index (χ2v) is 4.18. The molecule has 0 radical (unpaired) electrons. The monoisotopic (exact) mass is 252 g/mol. The standard InChI is InChI=1S/C16H12O3/c1-18-14-9-5-8-12-13(17)10-15(19-16(12)14)11-6-3-2-4-7-11/h2-10H,1H3. The van der Waals surface area contributed by atoms with Crippen molar-refractivity contribution in [1.82, 2.24) is 0 Å². The minimum atomic E-state index is -0.0704. The highest BCUT2D eigenvalue weighted by atomic mass is 16.5. The Labute approximate surface area is 110 Å². The fourth-order valence-corrected chi connectivity index (χ4v) is 2.06. The van der Waals surface area contributed by atoms with E-state index in [1.54, 1.807) is 25.3 Å². The molecule has 1 heterocycles. The van der Waals surface area contributed by atoms with Gasteiger partial charge in [-0.25, -0.2) is 0 Å². The predicted octanol–water partition coefficient (Wildman–Crippen LogP) is 3.47. The van der Waals surface area contributed by atoms with Crippen LogP contribution in [0.4, 0.5) is 0 Å². The molecule has 0 aliphatic carbocycles. The molecule has 2 aromatic carbocycles. The number of hydrogen-bond acceptors (Lipinski definition) is 3. The number of fused-ring (bicyclic) bond motifs is 1. The quantitative estimate of drug-likeness (QED) is 0.701. The molecule has 0 saturated heterocycles. The zero-order valence-electron chi connectivity index (χ0n) is 10.4. The van der Waals surface area contributed by atoms with E-state index in [0.29, 0.717) is 22.5 Å². The van der Waals surface area contributed by atoms with Crippen LogP contribution in [0.3, 0.4) is 0 Å². The van der Waals surface area contributed by atoms with E-state index in [2.05, 4.69) is 0 Å². The molecule has 3 heteroatoms. The van der Waals surface area contributed by atoms with E-state index in [1.807, 2.05) is 30.3 Å². The molecule has 3 aromatic rings. The van der Waals surface area contributed by atoms with Crippen molar-refractivity contribution >= 4 is 11.0 Å². The summed E-state index contributed by atoms with van der Waals surface area (Å²) in [5, 5.41) is 0.527. The van der Waals surface area contributed by atoms with Crippen molar-refractivity contribution in [3.63, 3.8) is 0 Å². The van der Waals surface area contributed by atoms with Crippen LogP contribution in [0.2, 0.25) is 0 Å². The van der Waals surface area contributed by atoms with Gasteiger partial charge >= 0.3 is 0 Å². The van der Waals surface area contributed by atoms with Gasteiger partial charge in [-0.05, 0) is 12.1 Å². The molecule has 0 fully saturated rings. The van der Waals surface area contributed by atoms with Gasteiger partial charge in [-0.3, -0.25) is 4.79 Å². The molecule has 19 heavy (non-hydrogen) atoms. The number of para-hydroxylation sites is 1. The maximum Gasteiger partial charge on any atom is 0.193 e. The molecule has 0 saturated carbocycles. The van der Waals surface area contributed by atoms with Gasteiger partial charge in [0.2, 0.25) is 0 Å². The SMILES string of the molecule is COc1cccc2c(=O)cc(-c3ccccc3)oc12. The van der Waals surface area contributed by atoms with Crippen molar-refractivity contribution in [3.8, 4) is 17.1 Å². The third kappa shape index (κ3) is 1.99. The fourth-order valence-electron chi connectivity index (χ4n) is 2.06. The minimum Gasteiger partial charge on any atom is -0.493 e. The number of methoxy groups -OCH3 is 1. The summed E-state index contributed by atoms with van der Waals surface area (Å²) < 4.78 is 11.1. The van der Waals surface area contributed by atoms with Crippen LogP contribution in [-0.2, 0) is 0 Å². The van der Waals surface area contributed by atoms with E-state index in [1.165, 1.54) is 6.07 Å². The van der Waals surface area contributed by atoms with Gasteiger partial charge < -0.3 is 9.15 Å². The Bertz CT molecular complexity index is 773. The first-order valence-corrected chi connectivity index (χ1v) is 5.96. The van der Waals surface area contributed by atoms with Gasteiger partial charge in [-0.15, -0.1) is 0 Å². The first kappa shape index (κ1) is 11.5. The van der Waals surface area contributed by atoms with Crippen molar-refractivity contribution in [2.75, 3.05) is 7.11 Å². The van der Waals surface area contributed by atoms with Crippen molar-refractivity contribution in [1.29, 1.82) is 0 Å². The first-order chi connectivity index (χ1) is 9.29. The second-order valence-electron chi connectivity index (χ2n) is 4.18. The lowest BCUT2D eigenvalue weighted by Crippen LogP contribution is -2.01. The third-order valence-corrected chi connectivity index (χ3v) is 3.00. The number of rotatable bonds is 2. The lowest BCUT2D eigenvalue weighted by Gasteiger charge is -2.06. The minimum absolute atomic E-state index is 0.0704. The van der Waals surface area contributed by atoms with Gasteiger partial charge in [0.25, 0.3) is 0 Å². The Kier molecular flexibility index (Phi) is 2.80. The molecule has 0 N–H and O–H groups in total. The van der Waals surface area contributed by atoms with Crippen LogP contribution in [0, 0.1) is 0 Å². The molecule has 1 aromatic heterocycles. The van der Waals surface area contributed by atoms with E-state index in [9.17, 15) is 4.79 Å². The average Bonchev–Trinajstić information content (AvgIpc) is 2.47. The lowest BCUT2D eigenvalue weighted by molar-refractivity contribution is 0.410. The van der Waals surface area contributed by atoms with Crippen molar-refractivity contribution in [2.45, 2.75) is 0 Å². The smallest absolute Gasteiger partial charge is 0.193 e. The van der Waals surface area contributed by atoms with Crippen LogP contribution in [0.5, 0.6) is 5.75 Å². The molecule has 0 spiro atoms. The van der Waals surface area contributed by atoms with E-state index >= 15 is 0 Å². The van der Waals surface area contributed by atoms with Crippen LogP contribution in [0.25, 0.3) is 22.3 Å². The first-order valence-electron chi connectivity index (χ1n) is 5.96. The molecule has 3 nitrogen and oxygen atoms in total. The Hall–Kier alpha value is -2.55. The Balaban J connectivity index is 2.33. The molecule has 0 amide bonds. The Morgan fingerprint density at radius 3 is 2.53 bits per heavy atom. The highest BCUT2D eigenvalue weighted by Gasteiger charge is 2.10. The zero-order chi connectivity index (χ0) is 13.2. The van der Waals surface area contributed by atoms with E-state index in [4.69, 9.17) is 9.15 Å². The Morgan fingerprint density at radius 2 is 1.79 bits per heavy atom. The normalized spacial score (nSPS) is 10.6. The maximum atomic E-state index is 12.1. The summed E-state index contributed by atoms with van der Waals surface area (Å²) in [7, 11) is 1.56. The van der Waals surface area contributed by atoms with E-state index in [0.717, 1.165) is 5.56 Å². The van der Waals surface area contributed by atoms with Crippen LogP contribution >= 0.6 is 0 Å². The molecule has 94 valence electrons. The summed E-state index contributed by atoms with van der Waals surface area (Å²) in [4.78, 5) is 12.1. The van der Waals surface area contributed by atoms with Crippen LogP contribution in [-0.4, -0.2) is 7.11 Å². The molecule has 0 atom stereocenters. The molecule has 0 unspecified atom stereocenters. The molecular formula is C16H12O3. The van der Waals surface area contributed by atoms with Gasteiger partial charge in [0, 0.05) is 11.6 Å². The summed E-state index contributed by atoms with van der Waals surface area (Å²) in [5.41, 5.74) is 1.28. The van der Waals surface area contributed by atoms with E-state index < -0.39 is 0 Å². The summed E-state index contributed by atoms with van der Waals surface area (Å²) in [6.45, 7) is 0. The average molecular weight is 252 g/mol. The molecule has 0 bridgehead atoms. The van der Waals surface area contributed by atoms with Crippen LogP contribution < -0.4 is 10.2 Å². The summed E-state index contributed by atoms with van der Waals surface area (Å²) in [6.07, 6.45) is 0. The summed E-state index contributed by atoms with van der Waals surface area (Å²) in [6, 6.07) is 16.3. The molecule has 0 aliphatic heterocycles. The molecular weight excluding hydrogens is 240 g/mol. The zero-order valence-corrected chi connectivity index (χ0v) is 10.4. The third-order valence-electron chi connectivity index (χ3n) is 3.00. The van der Waals surface area contributed by atoms with Gasteiger partial charge in [-0.1, -0.05) is 36.4 Å². The van der Waals surface area contributed by atoms with Crippen LogP contribution in [0.1, 0.15) is 0 Å². The molecule has 3 rings (SSSR count). The van der Waals surface area contributed by atoms with Crippen molar-refractivity contribution in [2.24, 2.45) is 0 Å². The Morgan fingerprint density at radius 1 is 1.00 bits per heavy atom. The van der Waals surface area contributed by atoms with Gasteiger partial charge in [0.1, 0.15) is 5.76 Å². The highest BCUT2D eigenvalue weighted by molar-refractivity contribution is 5.83. The van der Waals surface area contributed by atoms with Crippen LogP contribution in [0.15, 0.2) is 63.8 Å².